The Balaban J connectivity index is 2.07. The lowest BCUT2D eigenvalue weighted by atomic mass is 10.1. The van der Waals surface area contributed by atoms with Crippen molar-refractivity contribution in [2.75, 3.05) is 19.1 Å². The summed E-state index contributed by atoms with van der Waals surface area (Å²) >= 11 is 1.61. The molecule has 6 heteroatoms. The van der Waals surface area contributed by atoms with E-state index in [2.05, 4.69) is 5.32 Å². The molecule has 0 radical (unpaired) electrons. The summed E-state index contributed by atoms with van der Waals surface area (Å²) in [5.41, 5.74) is 0.423. The summed E-state index contributed by atoms with van der Waals surface area (Å²) in [6.07, 6.45) is 2.46. The standard InChI is InChI=1S/C19H21NO4S/c1-23-19(22)17(11-12-25-2)20-18(21)14-7-6-10-16(13-14)24-15-8-4-3-5-9-15/h3-10,13,17H,11-12H2,1-2H3,(H,20,21). The van der Waals surface area contributed by atoms with Gasteiger partial charge in [0.2, 0.25) is 0 Å². The van der Waals surface area contributed by atoms with Crippen LogP contribution in [-0.4, -0.2) is 37.0 Å². The summed E-state index contributed by atoms with van der Waals surface area (Å²) in [7, 11) is 1.31. The number of benzene rings is 2. The van der Waals surface area contributed by atoms with Crippen LogP contribution in [0.1, 0.15) is 16.8 Å². The number of ether oxygens (including phenoxy) is 2. The van der Waals surface area contributed by atoms with Gasteiger partial charge in [0.25, 0.3) is 5.91 Å². The Bertz CT molecular complexity index is 706. The Morgan fingerprint density at radius 3 is 2.48 bits per heavy atom. The first-order valence-corrected chi connectivity index (χ1v) is 9.24. The number of thioether (sulfide) groups is 1. The highest BCUT2D eigenvalue weighted by atomic mass is 32.2. The van der Waals surface area contributed by atoms with Crippen molar-refractivity contribution in [2.24, 2.45) is 0 Å². The van der Waals surface area contributed by atoms with Crippen molar-refractivity contribution in [3.8, 4) is 11.5 Å². The quantitative estimate of drug-likeness (QED) is 0.731. The average Bonchev–Trinajstić information content (AvgIpc) is 2.65. The van der Waals surface area contributed by atoms with Crippen molar-refractivity contribution in [1.82, 2.24) is 5.32 Å². The molecule has 0 aliphatic carbocycles. The van der Waals surface area contributed by atoms with Gasteiger partial charge < -0.3 is 14.8 Å². The molecule has 0 heterocycles. The molecule has 0 saturated carbocycles. The molecule has 1 amide bonds. The maximum Gasteiger partial charge on any atom is 0.328 e. The van der Waals surface area contributed by atoms with E-state index in [0.717, 1.165) is 5.75 Å². The Labute approximate surface area is 151 Å². The summed E-state index contributed by atoms with van der Waals surface area (Å²) in [5, 5.41) is 2.73. The summed E-state index contributed by atoms with van der Waals surface area (Å²) in [6, 6.07) is 15.5. The monoisotopic (exact) mass is 359 g/mol. The molecule has 0 saturated heterocycles. The van der Waals surface area contributed by atoms with Gasteiger partial charge in [0.15, 0.2) is 0 Å². The van der Waals surface area contributed by atoms with Crippen LogP contribution in [0.4, 0.5) is 0 Å². The number of carbonyl (C=O) groups excluding carboxylic acids is 2. The maximum absolute atomic E-state index is 12.5. The molecule has 0 aliphatic heterocycles. The van der Waals surface area contributed by atoms with Gasteiger partial charge in [-0.25, -0.2) is 4.79 Å². The van der Waals surface area contributed by atoms with Crippen LogP contribution in [0.2, 0.25) is 0 Å². The summed E-state index contributed by atoms with van der Waals surface area (Å²) in [4.78, 5) is 24.3. The lowest BCUT2D eigenvalue weighted by molar-refractivity contribution is -0.142. The molecule has 0 bridgehead atoms. The second-order valence-corrected chi connectivity index (χ2v) is 6.26. The zero-order valence-corrected chi connectivity index (χ0v) is 15.0. The van der Waals surface area contributed by atoms with Gasteiger partial charge in [0, 0.05) is 5.56 Å². The molecule has 1 unspecified atom stereocenters. The molecule has 0 spiro atoms. The number of hydrogen-bond acceptors (Lipinski definition) is 5. The van der Waals surface area contributed by atoms with Gasteiger partial charge in [-0.05, 0) is 48.8 Å². The number of esters is 1. The predicted molar refractivity (Wildman–Crippen MR) is 99.2 cm³/mol. The van der Waals surface area contributed by atoms with Gasteiger partial charge in [-0.15, -0.1) is 0 Å². The Morgan fingerprint density at radius 2 is 1.80 bits per heavy atom. The smallest absolute Gasteiger partial charge is 0.328 e. The summed E-state index contributed by atoms with van der Waals surface area (Å²) < 4.78 is 10.5. The average molecular weight is 359 g/mol. The molecular weight excluding hydrogens is 338 g/mol. The fraction of sp³-hybridized carbons (Fsp3) is 0.263. The Morgan fingerprint density at radius 1 is 1.08 bits per heavy atom. The number of methoxy groups -OCH3 is 1. The van der Waals surface area contributed by atoms with E-state index in [1.165, 1.54) is 7.11 Å². The SMILES string of the molecule is COC(=O)C(CCSC)NC(=O)c1cccc(Oc2ccccc2)c1. The Hall–Kier alpha value is -2.47. The molecule has 132 valence electrons. The van der Waals surface area contributed by atoms with Crippen LogP contribution in [-0.2, 0) is 9.53 Å². The van der Waals surface area contributed by atoms with E-state index < -0.39 is 12.0 Å². The van der Waals surface area contributed by atoms with E-state index in [1.807, 2.05) is 36.6 Å². The molecule has 2 aromatic rings. The van der Waals surface area contributed by atoms with Crippen molar-refractivity contribution in [3.05, 3.63) is 60.2 Å². The molecule has 0 aliphatic rings. The van der Waals surface area contributed by atoms with E-state index in [0.29, 0.717) is 23.5 Å². The number of hydrogen-bond donors (Lipinski definition) is 1. The van der Waals surface area contributed by atoms with Gasteiger partial charge in [-0.1, -0.05) is 24.3 Å². The molecule has 0 fully saturated rings. The van der Waals surface area contributed by atoms with Crippen LogP contribution < -0.4 is 10.1 Å². The topological polar surface area (TPSA) is 64.6 Å². The van der Waals surface area contributed by atoms with Gasteiger partial charge in [0.1, 0.15) is 17.5 Å². The third kappa shape index (κ3) is 5.83. The first-order chi connectivity index (χ1) is 12.1. The fourth-order valence-electron chi connectivity index (χ4n) is 2.19. The number of amides is 1. The van der Waals surface area contributed by atoms with Crippen molar-refractivity contribution >= 4 is 23.6 Å². The van der Waals surface area contributed by atoms with E-state index in [4.69, 9.17) is 9.47 Å². The van der Waals surface area contributed by atoms with E-state index in [9.17, 15) is 9.59 Å². The Kier molecular flexibility index (Phi) is 7.35. The summed E-state index contributed by atoms with van der Waals surface area (Å²) in [6.45, 7) is 0. The number of nitrogens with one attached hydrogen (secondary N) is 1. The third-order valence-corrected chi connectivity index (χ3v) is 4.12. The second kappa shape index (κ2) is 9.74. The van der Waals surface area contributed by atoms with E-state index in [1.54, 1.807) is 36.0 Å². The normalized spacial score (nSPS) is 11.4. The van der Waals surface area contributed by atoms with Gasteiger partial charge in [-0.2, -0.15) is 11.8 Å². The largest absolute Gasteiger partial charge is 0.467 e. The maximum atomic E-state index is 12.5. The highest BCUT2D eigenvalue weighted by Gasteiger charge is 2.21. The molecule has 1 atom stereocenters. The lowest BCUT2D eigenvalue weighted by Crippen LogP contribution is -2.41. The minimum absolute atomic E-state index is 0.338. The molecule has 2 rings (SSSR count). The van der Waals surface area contributed by atoms with Crippen LogP contribution in [0.15, 0.2) is 54.6 Å². The molecule has 5 nitrogen and oxygen atoms in total. The first kappa shape index (κ1) is 18.9. The van der Waals surface area contributed by atoms with E-state index in [-0.39, 0.29) is 5.91 Å². The second-order valence-electron chi connectivity index (χ2n) is 5.27. The molecule has 2 aromatic carbocycles. The summed E-state index contributed by atoms with van der Waals surface area (Å²) in [5.74, 6) is 1.20. The highest BCUT2D eigenvalue weighted by Crippen LogP contribution is 2.21. The van der Waals surface area contributed by atoms with Crippen molar-refractivity contribution < 1.29 is 19.1 Å². The zero-order chi connectivity index (χ0) is 18.1. The lowest BCUT2D eigenvalue weighted by Gasteiger charge is -2.16. The minimum Gasteiger partial charge on any atom is -0.467 e. The van der Waals surface area contributed by atoms with Crippen LogP contribution >= 0.6 is 11.8 Å². The number of para-hydroxylation sites is 1. The fourth-order valence-corrected chi connectivity index (χ4v) is 2.67. The zero-order valence-electron chi connectivity index (χ0n) is 14.2. The third-order valence-electron chi connectivity index (χ3n) is 3.48. The van der Waals surface area contributed by atoms with Crippen LogP contribution in [0.5, 0.6) is 11.5 Å². The van der Waals surface area contributed by atoms with Crippen molar-refractivity contribution in [2.45, 2.75) is 12.5 Å². The number of rotatable bonds is 8. The van der Waals surface area contributed by atoms with Crippen molar-refractivity contribution in [3.63, 3.8) is 0 Å². The van der Waals surface area contributed by atoms with Crippen LogP contribution in [0, 0.1) is 0 Å². The predicted octanol–water partition coefficient (Wildman–Crippen LogP) is 3.50. The van der Waals surface area contributed by atoms with Crippen LogP contribution in [0.3, 0.4) is 0 Å². The molecule has 0 aromatic heterocycles. The number of carbonyl (C=O) groups is 2. The van der Waals surface area contributed by atoms with Crippen LogP contribution in [0.25, 0.3) is 0 Å². The first-order valence-electron chi connectivity index (χ1n) is 7.84. The van der Waals surface area contributed by atoms with Crippen molar-refractivity contribution in [1.29, 1.82) is 0 Å². The highest BCUT2D eigenvalue weighted by molar-refractivity contribution is 7.98. The van der Waals surface area contributed by atoms with Gasteiger partial charge >= 0.3 is 5.97 Å². The van der Waals surface area contributed by atoms with E-state index >= 15 is 0 Å². The van der Waals surface area contributed by atoms with Gasteiger partial charge in [-0.3, -0.25) is 4.79 Å². The minimum atomic E-state index is -0.663. The van der Waals surface area contributed by atoms with Gasteiger partial charge in [0.05, 0.1) is 7.11 Å². The molecular formula is C19H21NO4S. The molecule has 1 N–H and O–H groups in total. The molecule has 25 heavy (non-hydrogen) atoms.